The highest BCUT2D eigenvalue weighted by Gasteiger charge is 2.21. The average Bonchev–Trinajstić information content (AvgIpc) is 2.81. The SMILES string of the molecule is CNc1ccncc1C(=O)NCC1CCC(=O)N1. The van der Waals surface area contributed by atoms with Crippen LogP contribution in [0.15, 0.2) is 18.5 Å². The molecule has 0 saturated carbocycles. The van der Waals surface area contributed by atoms with Crippen LogP contribution >= 0.6 is 0 Å². The number of aromatic nitrogens is 1. The van der Waals surface area contributed by atoms with Crippen molar-refractivity contribution in [2.24, 2.45) is 0 Å². The maximum atomic E-state index is 12.0. The standard InChI is InChI=1S/C12H16N4O2/c1-13-10-4-5-14-7-9(10)12(18)15-6-8-2-3-11(17)16-8/h4-5,7-8H,2-3,6H2,1H3,(H,13,14)(H,15,18)(H,16,17). The molecule has 6 heteroatoms. The number of pyridine rings is 1. The number of hydrogen-bond donors (Lipinski definition) is 3. The molecular weight excluding hydrogens is 232 g/mol. The number of carbonyl (C=O) groups excluding carboxylic acids is 2. The molecule has 3 N–H and O–H groups in total. The average molecular weight is 248 g/mol. The summed E-state index contributed by atoms with van der Waals surface area (Å²) in [5.41, 5.74) is 1.24. The van der Waals surface area contributed by atoms with Crippen LogP contribution in [0.1, 0.15) is 23.2 Å². The first kappa shape index (κ1) is 12.3. The van der Waals surface area contributed by atoms with Gasteiger partial charge in [-0.1, -0.05) is 0 Å². The second-order valence-electron chi connectivity index (χ2n) is 4.18. The van der Waals surface area contributed by atoms with Crippen molar-refractivity contribution >= 4 is 17.5 Å². The van der Waals surface area contributed by atoms with Gasteiger partial charge < -0.3 is 16.0 Å². The summed E-state index contributed by atoms with van der Waals surface area (Å²) >= 11 is 0. The van der Waals surface area contributed by atoms with Gasteiger partial charge in [-0.25, -0.2) is 0 Å². The van der Waals surface area contributed by atoms with Crippen molar-refractivity contribution in [1.29, 1.82) is 0 Å². The van der Waals surface area contributed by atoms with E-state index >= 15 is 0 Å². The van der Waals surface area contributed by atoms with Gasteiger partial charge in [0.15, 0.2) is 0 Å². The predicted molar refractivity (Wildman–Crippen MR) is 67.3 cm³/mol. The Balaban J connectivity index is 1.93. The summed E-state index contributed by atoms with van der Waals surface area (Å²) in [6.45, 7) is 0.447. The molecule has 1 aliphatic heterocycles. The van der Waals surface area contributed by atoms with E-state index in [-0.39, 0.29) is 17.9 Å². The topological polar surface area (TPSA) is 83.1 Å². The second-order valence-corrected chi connectivity index (χ2v) is 4.18. The van der Waals surface area contributed by atoms with Crippen molar-refractivity contribution in [3.05, 3.63) is 24.0 Å². The summed E-state index contributed by atoms with van der Waals surface area (Å²) in [4.78, 5) is 26.9. The third-order valence-electron chi connectivity index (χ3n) is 2.93. The number of amides is 2. The predicted octanol–water partition coefficient (Wildman–Crippen LogP) is 0.132. The Hall–Kier alpha value is -2.11. The van der Waals surface area contributed by atoms with Crippen molar-refractivity contribution in [2.75, 3.05) is 18.9 Å². The Bertz CT molecular complexity index is 461. The van der Waals surface area contributed by atoms with E-state index in [1.54, 1.807) is 19.3 Å². The Morgan fingerprint density at radius 2 is 2.44 bits per heavy atom. The third kappa shape index (κ3) is 2.77. The molecular formula is C12H16N4O2. The van der Waals surface area contributed by atoms with Crippen molar-refractivity contribution in [1.82, 2.24) is 15.6 Å². The monoisotopic (exact) mass is 248 g/mol. The van der Waals surface area contributed by atoms with Crippen LogP contribution in [0, 0.1) is 0 Å². The van der Waals surface area contributed by atoms with Crippen LogP contribution in [0.3, 0.4) is 0 Å². The molecule has 1 unspecified atom stereocenters. The first-order valence-corrected chi connectivity index (χ1v) is 5.90. The molecule has 2 amide bonds. The summed E-state index contributed by atoms with van der Waals surface area (Å²) in [7, 11) is 1.75. The molecule has 1 aromatic heterocycles. The summed E-state index contributed by atoms with van der Waals surface area (Å²) in [6, 6.07) is 1.78. The van der Waals surface area contributed by atoms with Gasteiger partial charge in [-0.05, 0) is 12.5 Å². The first-order chi connectivity index (χ1) is 8.70. The number of nitrogens with one attached hydrogen (secondary N) is 3. The van der Waals surface area contributed by atoms with Gasteiger partial charge in [0.1, 0.15) is 0 Å². The zero-order valence-electron chi connectivity index (χ0n) is 10.2. The molecule has 18 heavy (non-hydrogen) atoms. The highest BCUT2D eigenvalue weighted by atomic mass is 16.2. The van der Waals surface area contributed by atoms with Gasteiger partial charge in [0.25, 0.3) is 5.91 Å². The van der Waals surface area contributed by atoms with Gasteiger partial charge >= 0.3 is 0 Å². The Morgan fingerprint density at radius 1 is 1.61 bits per heavy atom. The lowest BCUT2D eigenvalue weighted by atomic mass is 10.2. The summed E-state index contributed by atoms with van der Waals surface area (Å²) in [5, 5.41) is 8.55. The largest absolute Gasteiger partial charge is 0.387 e. The molecule has 0 bridgehead atoms. The van der Waals surface area contributed by atoms with Gasteiger partial charge in [0.05, 0.1) is 5.56 Å². The van der Waals surface area contributed by atoms with Gasteiger partial charge in [-0.15, -0.1) is 0 Å². The highest BCUT2D eigenvalue weighted by molar-refractivity contribution is 5.99. The van der Waals surface area contributed by atoms with Gasteiger partial charge in [0, 0.05) is 44.1 Å². The van der Waals surface area contributed by atoms with Gasteiger partial charge in [0.2, 0.25) is 5.91 Å². The van der Waals surface area contributed by atoms with Gasteiger partial charge in [-0.3, -0.25) is 14.6 Å². The third-order valence-corrected chi connectivity index (χ3v) is 2.93. The normalized spacial score (nSPS) is 18.3. The van der Waals surface area contributed by atoms with Crippen LogP contribution in [-0.2, 0) is 4.79 Å². The lowest BCUT2D eigenvalue weighted by Gasteiger charge is -2.12. The van der Waals surface area contributed by atoms with Crippen molar-refractivity contribution in [3.63, 3.8) is 0 Å². The zero-order chi connectivity index (χ0) is 13.0. The van der Waals surface area contributed by atoms with Crippen LogP contribution < -0.4 is 16.0 Å². The molecule has 1 fully saturated rings. The fourth-order valence-electron chi connectivity index (χ4n) is 1.93. The minimum absolute atomic E-state index is 0.0381. The van der Waals surface area contributed by atoms with E-state index in [0.29, 0.717) is 18.5 Å². The minimum atomic E-state index is -0.186. The summed E-state index contributed by atoms with van der Waals surface area (Å²) in [6.07, 6.45) is 4.45. The number of hydrogen-bond acceptors (Lipinski definition) is 4. The Morgan fingerprint density at radius 3 is 3.11 bits per heavy atom. The van der Waals surface area contributed by atoms with E-state index in [4.69, 9.17) is 0 Å². The van der Waals surface area contributed by atoms with E-state index in [0.717, 1.165) is 12.1 Å². The van der Waals surface area contributed by atoms with E-state index in [1.807, 2.05) is 0 Å². The number of carbonyl (C=O) groups is 2. The molecule has 0 spiro atoms. The van der Waals surface area contributed by atoms with E-state index < -0.39 is 0 Å². The number of nitrogens with zero attached hydrogens (tertiary/aromatic N) is 1. The number of rotatable bonds is 4. The molecule has 2 heterocycles. The fraction of sp³-hybridized carbons (Fsp3) is 0.417. The van der Waals surface area contributed by atoms with E-state index in [9.17, 15) is 9.59 Å². The van der Waals surface area contributed by atoms with Crippen LogP contribution in [-0.4, -0.2) is 36.4 Å². The first-order valence-electron chi connectivity index (χ1n) is 5.90. The van der Waals surface area contributed by atoms with Crippen molar-refractivity contribution < 1.29 is 9.59 Å². The van der Waals surface area contributed by atoms with Crippen molar-refractivity contribution in [3.8, 4) is 0 Å². The van der Waals surface area contributed by atoms with Crippen LogP contribution in [0.25, 0.3) is 0 Å². The fourth-order valence-corrected chi connectivity index (χ4v) is 1.93. The summed E-state index contributed by atoms with van der Waals surface area (Å²) in [5.74, 6) is -0.139. The Kier molecular flexibility index (Phi) is 3.76. The quantitative estimate of drug-likeness (QED) is 0.707. The lowest BCUT2D eigenvalue weighted by Crippen LogP contribution is -2.38. The molecule has 96 valence electrons. The van der Waals surface area contributed by atoms with Crippen molar-refractivity contribution in [2.45, 2.75) is 18.9 Å². The maximum Gasteiger partial charge on any atom is 0.255 e. The molecule has 2 rings (SSSR count). The summed E-state index contributed by atoms with van der Waals surface area (Å²) < 4.78 is 0. The van der Waals surface area contributed by atoms with Crippen LogP contribution in [0.2, 0.25) is 0 Å². The lowest BCUT2D eigenvalue weighted by molar-refractivity contribution is -0.119. The number of anilines is 1. The minimum Gasteiger partial charge on any atom is -0.387 e. The molecule has 6 nitrogen and oxygen atoms in total. The highest BCUT2D eigenvalue weighted by Crippen LogP contribution is 2.12. The molecule has 0 aromatic carbocycles. The maximum absolute atomic E-state index is 12.0. The zero-order valence-corrected chi connectivity index (χ0v) is 10.2. The van der Waals surface area contributed by atoms with E-state index in [2.05, 4.69) is 20.9 Å². The molecule has 1 saturated heterocycles. The Labute approximate surface area is 105 Å². The second kappa shape index (κ2) is 5.48. The molecule has 1 aliphatic rings. The molecule has 0 aliphatic carbocycles. The van der Waals surface area contributed by atoms with E-state index in [1.165, 1.54) is 6.20 Å². The molecule has 1 aromatic rings. The smallest absolute Gasteiger partial charge is 0.255 e. The van der Waals surface area contributed by atoms with Gasteiger partial charge in [-0.2, -0.15) is 0 Å². The molecule has 1 atom stereocenters. The van der Waals surface area contributed by atoms with Crippen LogP contribution in [0.4, 0.5) is 5.69 Å². The molecule has 0 radical (unpaired) electrons. The van der Waals surface area contributed by atoms with Crippen LogP contribution in [0.5, 0.6) is 0 Å².